The topological polar surface area (TPSA) is 111 Å². The standard InChI is InChI=1S/C25H18N4O4S/c1-32-22-12-6-10-17(23(22)33-2)18-14-20(16-8-4-3-5-9-16)28-24(19(18)15-26)34-25-21(29(30)31)11-7-13-27-25/h3-14H,1-2H3. The second-order valence-electron chi connectivity index (χ2n) is 6.94. The molecular formula is C25H18N4O4S. The minimum absolute atomic E-state index is 0.144. The van der Waals surface area contributed by atoms with Crippen LogP contribution in [0.4, 0.5) is 5.69 Å². The first-order chi connectivity index (χ1) is 16.6. The zero-order valence-electron chi connectivity index (χ0n) is 18.3. The molecule has 0 fully saturated rings. The van der Waals surface area contributed by atoms with Gasteiger partial charge in [0.25, 0.3) is 0 Å². The number of nitrogens with zero attached hydrogens (tertiary/aromatic N) is 4. The summed E-state index contributed by atoms with van der Waals surface area (Å²) >= 11 is 0.976. The van der Waals surface area contributed by atoms with Gasteiger partial charge in [-0.3, -0.25) is 10.1 Å². The molecule has 0 amide bonds. The molecule has 0 aliphatic carbocycles. The maximum Gasteiger partial charge on any atom is 0.301 e. The Bertz CT molecular complexity index is 1400. The second-order valence-corrected chi connectivity index (χ2v) is 7.92. The van der Waals surface area contributed by atoms with Gasteiger partial charge >= 0.3 is 5.69 Å². The molecule has 0 radical (unpaired) electrons. The Balaban J connectivity index is 2.00. The van der Waals surface area contributed by atoms with Gasteiger partial charge in [-0.05, 0) is 30.0 Å². The van der Waals surface area contributed by atoms with Crippen LogP contribution >= 0.6 is 11.8 Å². The number of para-hydroxylation sites is 1. The van der Waals surface area contributed by atoms with Crippen LogP contribution in [-0.4, -0.2) is 29.1 Å². The molecule has 9 heteroatoms. The molecule has 4 aromatic rings. The number of nitro groups is 1. The normalized spacial score (nSPS) is 10.4. The predicted octanol–water partition coefficient (Wildman–Crippen LogP) is 5.76. The molecule has 168 valence electrons. The van der Waals surface area contributed by atoms with Crippen LogP contribution in [0, 0.1) is 21.4 Å². The Kier molecular flexibility index (Phi) is 6.71. The van der Waals surface area contributed by atoms with Crippen LogP contribution in [0.1, 0.15) is 5.56 Å². The third-order valence-corrected chi connectivity index (χ3v) is 6.00. The summed E-state index contributed by atoms with van der Waals surface area (Å²) in [5.74, 6) is 0.975. The number of aromatic nitrogens is 2. The molecule has 0 aliphatic heterocycles. The van der Waals surface area contributed by atoms with E-state index in [-0.39, 0.29) is 16.3 Å². The van der Waals surface area contributed by atoms with Crippen molar-refractivity contribution < 1.29 is 14.4 Å². The number of hydrogen-bond acceptors (Lipinski definition) is 8. The molecule has 8 nitrogen and oxygen atoms in total. The highest BCUT2D eigenvalue weighted by molar-refractivity contribution is 7.99. The van der Waals surface area contributed by atoms with Gasteiger partial charge in [-0.1, -0.05) is 42.5 Å². The highest BCUT2D eigenvalue weighted by Gasteiger charge is 2.23. The SMILES string of the molecule is COc1cccc(-c2cc(-c3ccccc3)nc(Sc3ncccc3[N+](=O)[O-])c2C#N)c1OC. The van der Waals surface area contributed by atoms with Crippen molar-refractivity contribution in [3.05, 3.63) is 88.6 Å². The fraction of sp³-hybridized carbons (Fsp3) is 0.0800. The molecule has 2 heterocycles. The van der Waals surface area contributed by atoms with Crippen LogP contribution in [0.2, 0.25) is 0 Å². The van der Waals surface area contributed by atoms with Crippen molar-refractivity contribution in [1.82, 2.24) is 9.97 Å². The van der Waals surface area contributed by atoms with E-state index in [4.69, 9.17) is 14.5 Å². The minimum atomic E-state index is -0.506. The van der Waals surface area contributed by atoms with Crippen molar-refractivity contribution in [1.29, 1.82) is 5.26 Å². The van der Waals surface area contributed by atoms with Crippen LogP contribution in [-0.2, 0) is 0 Å². The summed E-state index contributed by atoms with van der Waals surface area (Å²) in [6.07, 6.45) is 1.47. The highest BCUT2D eigenvalue weighted by atomic mass is 32.2. The Morgan fingerprint density at radius 1 is 0.971 bits per heavy atom. The molecule has 4 rings (SSSR count). The molecule has 34 heavy (non-hydrogen) atoms. The number of pyridine rings is 2. The van der Waals surface area contributed by atoms with E-state index in [0.29, 0.717) is 33.3 Å². The van der Waals surface area contributed by atoms with Gasteiger partial charge in [0.2, 0.25) is 0 Å². The van der Waals surface area contributed by atoms with Gasteiger partial charge in [-0.25, -0.2) is 9.97 Å². The summed E-state index contributed by atoms with van der Waals surface area (Å²) < 4.78 is 11.1. The third-order valence-electron chi connectivity index (χ3n) is 5.00. The summed E-state index contributed by atoms with van der Waals surface area (Å²) in [6.45, 7) is 0. The predicted molar refractivity (Wildman–Crippen MR) is 128 cm³/mol. The Hall–Kier alpha value is -4.42. The van der Waals surface area contributed by atoms with E-state index in [1.807, 2.05) is 42.5 Å². The van der Waals surface area contributed by atoms with E-state index in [0.717, 1.165) is 17.3 Å². The lowest BCUT2D eigenvalue weighted by Gasteiger charge is -2.16. The molecule has 2 aromatic carbocycles. The van der Waals surface area contributed by atoms with Gasteiger partial charge < -0.3 is 9.47 Å². The second kappa shape index (κ2) is 10.0. The Morgan fingerprint density at radius 2 is 1.76 bits per heavy atom. The van der Waals surface area contributed by atoms with E-state index in [9.17, 15) is 15.4 Å². The van der Waals surface area contributed by atoms with Gasteiger partial charge in [-0.15, -0.1) is 0 Å². The van der Waals surface area contributed by atoms with Crippen LogP contribution in [0.5, 0.6) is 11.5 Å². The first-order valence-electron chi connectivity index (χ1n) is 10.1. The molecular weight excluding hydrogens is 452 g/mol. The highest BCUT2D eigenvalue weighted by Crippen LogP contribution is 2.43. The zero-order valence-corrected chi connectivity index (χ0v) is 19.1. The number of ether oxygens (including phenoxy) is 2. The van der Waals surface area contributed by atoms with Gasteiger partial charge in [0.1, 0.15) is 11.1 Å². The van der Waals surface area contributed by atoms with Gasteiger partial charge in [0.05, 0.1) is 30.4 Å². The first-order valence-corrected chi connectivity index (χ1v) is 10.9. The lowest BCUT2D eigenvalue weighted by Crippen LogP contribution is -2.00. The van der Waals surface area contributed by atoms with Gasteiger partial charge in [0.15, 0.2) is 16.5 Å². The Morgan fingerprint density at radius 3 is 2.44 bits per heavy atom. The average molecular weight is 471 g/mol. The van der Waals surface area contributed by atoms with Crippen LogP contribution in [0.25, 0.3) is 22.4 Å². The molecule has 0 aliphatic rings. The van der Waals surface area contributed by atoms with Crippen LogP contribution < -0.4 is 9.47 Å². The van der Waals surface area contributed by atoms with E-state index in [2.05, 4.69) is 11.1 Å². The van der Waals surface area contributed by atoms with E-state index in [1.165, 1.54) is 32.5 Å². The number of rotatable bonds is 7. The fourth-order valence-corrected chi connectivity index (χ4v) is 4.41. The lowest BCUT2D eigenvalue weighted by atomic mass is 9.98. The van der Waals surface area contributed by atoms with Crippen molar-refractivity contribution in [3.63, 3.8) is 0 Å². The largest absolute Gasteiger partial charge is 0.493 e. The zero-order chi connectivity index (χ0) is 24.1. The van der Waals surface area contributed by atoms with Gasteiger partial charge in [-0.2, -0.15) is 5.26 Å². The summed E-state index contributed by atoms with van der Waals surface area (Å²) in [5, 5.41) is 22.1. The van der Waals surface area contributed by atoms with Crippen molar-refractivity contribution in [2.75, 3.05) is 14.2 Å². The number of benzene rings is 2. The van der Waals surface area contributed by atoms with E-state index in [1.54, 1.807) is 12.1 Å². The molecule has 0 atom stereocenters. The smallest absolute Gasteiger partial charge is 0.301 e. The molecule has 2 aromatic heterocycles. The number of methoxy groups -OCH3 is 2. The summed E-state index contributed by atoms with van der Waals surface area (Å²) in [6, 6.07) is 21.8. The monoisotopic (exact) mass is 470 g/mol. The Labute approximate surface area is 200 Å². The molecule has 0 N–H and O–H groups in total. The van der Waals surface area contributed by atoms with Crippen molar-refractivity contribution >= 4 is 17.4 Å². The molecule has 0 saturated carbocycles. The van der Waals surface area contributed by atoms with E-state index >= 15 is 0 Å². The van der Waals surface area contributed by atoms with Crippen LogP contribution in [0.3, 0.4) is 0 Å². The molecule has 0 bridgehead atoms. The quantitative estimate of drug-likeness (QED) is 0.248. The third kappa shape index (κ3) is 4.40. The summed E-state index contributed by atoms with van der Waals surface area (Å²) in [4.78, 5) is 19.9. The van der Waals surface area contributed by atoms with Crippen LogP contribution in [0.15, 0.2) is 83.0 Å². The molecule has 0 spiro atoms. The maximum atomic E-state index is 11.5. The first kappa shape index (κ1) is 22.8. The lowest BCUT2D eigenvalue weighted by molar-refractivity contribution is -0.388. The number of nitriles is 1. The van der Waals surface area contributed by atoms with Crippen molar-refractivity contribution in [2.24, 2.45) is 0 Å². The number of hydrogen-bond donors (Lipinski definition) is 0. The fourth-order valence-electron chi connectivity index (χ4n) is 3.46. The molecule has 0 saturated heterocycles. The molecule has 0 unspecified atom stereocenters. The minimum Gasteiger partial charge on any atom is -0.493 e. The summed E-state index contributed by atoms with van der Waals surface area (Å²) in [7, 11) is 3.07. The van der Waals surface area contributed by atoms with E-state index < -0.39 is 4.92 Å². The summed E-state index contributed by atoms with van der Waals surface area (Å²) in [5.41, 5.74) is 2.71. The maximum absolute atomic E-state index is 11.5. The van der Waals surface area contributed by atoms with Crippen molar-refractivity contribution in [3.8, 4) is 40.0 Å². The van der Waals surface area contributed by atoms with Gasteiger partial charge in [0, 0.05) is 29.0 Å². The van der Waals surface area contributed by atoms with Crippen molar-refractivity contribution in [2.45, 2.75) is 10.1 Å². The average Bonchev–Trinajstić information content (AvgIpc) is 2.88.